The summed E-state index contributed by atoms with van der Waals surface area (Å²) >= 11 is 0. The molecule has 16 heavy (non-hydrogen) atoms. The van der Waals surface area contributed by atoms with Crippen molar-refractivity contribution in [1.82, 2.24) is 5.32 Å². The maximum absolute atomic E-state index is 12.0. The first-order valence-electron chi connectivity index (χ1n) is 6.05. The van der Waals surface area contributed by atoms with Gasteiger partial charge in [0.25, 0.3) is 0 Å². The van der Waals surface area contributed by atoms with Crippen molar-refractivity contribution in [2.75, 3.05) is 6.54 Å². The lowest BCUT2D eigenvalue weighted by molar-refractivity contribution is -0.134. The molecule has 1 rings (SSSR count). The predicted molar refractivity (Wildman–Crippen MR) is 63.5 cm³/mol. The highest BCUT2D eigenvalue weighted by Gasteiger charge is 2.48. The molecule has 0 aromatic rings. The zero-order chi connectivity index (χ0) is 12.4. The largest absolute Gasteiger partial charge is 0.354 e. The number of nitriles is 1. The van der Waals surface area contributed by atoms with E-state index in [2.05, 4.69) is 39.1 Å². The standard InChI is InChI=1S/C13H22N2O/c1-5-12(3,4)9-15-11(16)13(8-14)6-10(2)7-13/h10H,5-7,9H2,1-4H3,(H,15,16). The van der Waals surface area contributed by atoms with Crippen LogP contribution in [-0.2, 0) is 4.79 Å². The van der Waals surface area contributed by atoms with Crippen LogP contribution in [0.25, 0.3) is 0 Å². The fourth-order valence-electron chi connectivity index (χ4n) is 2.07. The maximum Gasteiger partial charge on any atom is 0.240 e. The van der Waals surface area contributed by atoms with Crippen LogP contribution in [0.4, 0.5) is 0 Å². The zero-order valence-corrected chi connectivity index (χ0v) is 10.8. The van der Waals surface area contributed by atoms with Gasteiger partial charge in [0.05, 0.1) is 6.07 Å². The molecule has 1 fully saturated rings. The molecular weight excluding hydrogens is 200 g/mol. The molecule has 1 N–H and O–H groups in total. The SMILES string of the molecule is CCC(C)(C)CNC(=O)C1(C#N)CC(C)C1. The minimum absolute atomic E-state index is 0.0744. The number of nitrogens with one attached hydrogen (secondary N) is 1. The molecule has 1 saturated carbocycles. The van der Waals surface area contributed by atoms with E-state index in [0.717, 1.165) is 6.42 Å². The van der Waals surface area contributed by atoms with Gasteiger partial charge in [-0.15, -0.1) is 0 Å². The monoisotopic (exact) mass is 222 g/mol. The molecule has 0 aliphatic heterocycles. The Hall–Kier alpha value is -1.04. The van der Waals surface area contributed by atoms with Crippen LogP contribution in [0.2, 0.25) is 0 Å². The maximum atomic E-state index is 12.0. The normalized spacial score (nSPS) is 29.1. The van der Waals surface area contributed by atoms with E-state index in [1.165, 1.54) is 0 Å². The molecular formula is C13H22N2O. The van der Waals surface area contributed by atoms with Crippen molar-refractivity contribution in [2.45, 2.75) is 47.0 Å². The highest BCUT2D eigenvalue weighted by Crippen LogP contribution is 2.45. The molecule has 3 nitrogen and oxygen atoms in total. The molecule has 0 aromatic carbocycles. The topological polar surface area (TPSA) is 52.9 Å². The van der Waals surface area contributed by atoms with Crippen LogP contribution in [0.5, 0.6) is 0 Å². The van der Waals surface area contributed by atoms with Crippen LogP contribution in [0.15, 0.2) is 0 Å². The molecule has 90 valence electrons. The summed E-state index contributed by atoms with van der Waals surface area (Å²) in [7, 11) is 0. The van der Waals surface area contributed by atoms with Crippen LogP contribution < -0.4 is 5.32 Å². The number of nitrogens with zero attached hydrogens (tertiary/aromatic N) is 1. The first kappa shape index (κ1) is 13.0. The Kier molecular flexibility index (Phi) is 3.62. The quantitative estimate of drug-likeness (QED) is 0.794. The van der Waals surface area contributed by atoms with Gasteiger partial charge in [-0.3, -0.25) is 4.79 Å². The minimum Gasteiger partial charge on any atom is -0.354 e. The van der Waals surface area contributed by atoms with Crippen molar-refractivity contribution >= 4 is 5.91 Å². The molecule has 0 radical (unpaired) electrons. The fraction of sp³-hybridized carbons (Fsp3) is 0.846. The summed E-state index contributed by atoms with van der Waals surface area (Å²) in [6.07, 6.45) is 2.44. The van der Waals surface area contributed by atoms with E-state index < -0.39 is 5.41 Å². The van der Waals surface area contributed by atoms with Gasteiger partial charge in [0, 0.05) is 6.54 Å². The van der Waals surface area contributed by atoms with E-state index in [1.807, 2.05) is 0 Å². The van der Waals surface area contributed by atoms with Gasteiger partial charge in [0.1, 0.15) is 5.41 Å². The van der Waals surface area contributed by atoms with Gasteiger partial charge >= 0.3 is 0 Å². The summed E-state index contributed by atoms with van der Waals surface area (Å²) in [6, 6.07) is 2.19. The lowest BCUT2D eigenvalue weighted by atomic mass is 9.63. The van der Waals surface area contributed by atoms with Gasteiger partial charge in [-0.25, -0.2) is 0 Å². The van der Waals surface area contributed by atoms with Gasteiger partial charge in [0.15, 0.2) is 0 Å². The van der Waals surface area contributed by atoms with Crippen LogP contribution >= 0.6 is 0 Å². The predicted octanol–water partition coefficient (Wildman–Crippen LogP) is 2.48. The fourth-order valence-corrected chi connectivity index (χ4v) is 2.07. The molecule has 0 aromatic heterocycles. The van der Waals surface area contributed by atoms with Crippen LogP contribution in [0, 0.1) is 28.1 Å². The average Bonchev–Trinajstić information content (AvgIpc) is 2.21. The van der Waals surface area contributed by atoms with Crippen molar-refractivity contribution in [1.29, 1.82) is 5.26 Å². The third-order valence-corrected chi connectivity index (χ3v) is 3.73. The van der Waals surface area contributed by atoms with Crippen molar-refractivity contribution in [3.8, 4) is 6.07 Å². The van der Waals surface area contributed by atoms with E-state index in [0.29, 0.717) is 25.3 Å². The van der Waals surface area contributed by atoms with Gasteiger partial charge in [-0.1, -0.05) is 27.7 Å². The van der Waals surface area contributed by atoms with Crippen LogP contribution in [-0.4, -0.2) is 12.5 Å². The number of hydrogen-bond acceptors (Lipinski definition) is 2. The Labute approximate surface area is 98.2 Å². The molecule has 0 spiro atoms. The number of hydrogen-bond donors (Lipinski definition) is 1. The van der Waals surface area contributed by atoms with Crippen molar-refractivity contribution < 1.29 is 4.79 Å². The molecule has 0 heterocycles. The molecule has 0 unspecified atom stereocenters. The Morgan fingerprint density at radius 3 is 2.50 bits per heavy atom. The third-order valence-electron chi connectivity index (χ3n) is 3.73. The highest BCUT2D eigenvalue weighted by atomic mass is 16.2. The van der Waals surface area contributed by atoms with Gasteiger partial charge in [0.2, 0.25) is 5.91 Å². The van der Waals surface area contributed by atoms with Gasteiger partial charge in [-0.2, -0.15) is 5.26 Å². The highest BCUT2D eigenvalue weighted by molar-refractivity contribution is 5.86. The van der Waals surface area contributed by atoms with Gasteiger partial charge in [-0.05, 0) is 30.6 Å². The minimum atomic E-state index is -0.733. The van der Waals surface area contributed by atoms with E-state index in [9.17, 15) is 4.79 Å². The second-order valence-electron chi connectivity index (χ2n) is 5.91. The number of carbonyl (C=O) groups excluding carboxylic acids is 1. The smallest absolute Gasteiger partial charge is 0.240 e. The second-order valence-corrected chi connectivity index (χ2v) is 5.91. The molecule has 0 atom stereocenters. The number of rotatable bonds is 4. The van der Waals surface area contributed by atoms with E-state index in [1.54, 1.807) is 0 Å². The summed E-state index contributed by atoms with van der Waals surface area (Å²) in [5, 5.41) is 12.0. The van der Waals surface area contributed by atoms with E-state index in [-0.39, 0.29) is 11.3 Å². The molecule has 0 saturated heterocycles. The molecule has 0 bridgehead atoms. The Bertz CT molecular complexity index is 308. The Balaban J connectivity index is 2.50. The number of carbonyl (C=O) groups is 1. The summed E-state index contributed by atoms with van der Waals surface area (Å²) < 4.78 is 0. The molecule has 1 amide bonds. The summed E-state index contributed by atoms with van der Waals surface area (Å²) in [6.45, 7) is 9.09. The molecule has 1 aliphatic rings. The summed E-state index contributed by atoms with van der Waals surface area (Å²) in [5.41, 5.74) is -0.620. The van der Waals surface area contributed by atoms with E-state index in [4.69, 9.17) is 5.26 Å². The van der Waals surface area contributed by atoms with Crippen LogP contribution in [0.3, 0.4) is 0 Å². The second kappa shape index (κ2) is 4.45. The summed E-state index contributed by atoms with van der Waals surface area (Å²) in [4.78, 5) is 12.0. The van der Waals surface area contributed by atoms with E-state index >= 15 is 0 Å². The van der Waals surface area contributed by atoms with Gasteiger partial charge < -0.3 is 5.32 Å². The Morgan fingerprint density at radius 1 is 1.56 bits per heavy atom. The zero-order valence-electron chi connectivity index (χ0n) is 10.8. The van der Waals surface area contributed by atoms with Crippen molar-refractivity contribution in [3.05, 3.63) is 0 Å². The van der Waals surface area contributed by atoms with Crippen molar-refractivity contribution in [3.63, 3.8) is 0 Å². The first-order valence-corrected chi connectivity index (χ1v) is 6.05. The first-order chi connectivity index (χ1) is 7.35. The summed E-state index contributed by atoms with van der Waals surface area (Å²) in [5.74, 6) is 0.430. The van der Waals surface area contributed by atoms with Crippen molar-refractivity contribution in [2.24, 2.45) is 16.7 Å². The lowest BCUT2D eigenvalue weighted by Crippen LogP contribution is -2.49. The number of amides is 1. The molecule has 3 heteroatoms. The molecule has 1 aliphatic carbocycles. The van der Waals surface area contributed by atoms with Crippen LogP contribution in [0.1, 0.15) is 47.0 Å². The lowest BCUT2D eigenvalue weighted by Gasteiger charge is -2.39. The third kappa shape index (κ3) is 2.55. The average molecular weight is 222 g/mol. The Morgan fingerprint density at radius 2 is 2.12 bits per heavy atom.